The van der Waals surface area contributed by atoms with E-state index >= 15 is 0 Å². The third-order valence-corrected chi connectivity index (χ3v) is 5.61. The maximum atomic E-state index is 12.4. The van der Waals surface area contributed by atoms with Gasteiger partial charge in [0.15, 0.2) is 0 Å². The molecule has 0 fully saturated rings. The fourth-order valence-electron chi connectivity index (χ4n) is 2.02. The molecular formula is C15H26N2O2S. The average Bonchev–Trinajstić information content (AvgIpc) is 2.37. The third-order valence-electron chi connectivity index (χ3n) is 3.70. The van der Waals surface area contributed by atoms with E-state index in [-0.39, 0.29) is 11.8 Å². The van der Waals surface area contributed by atoms with Gasteiger partial charge in [0, 0.05) is 19.6 Å². The molecule has 0 amide bonds. The maximum absolute atomic E-state index is 12.4. The molecule has 1 atom stereocenters. The standard InChI is InChI=1S/C15H26N2O2S/c1-12(2)13(3)17(5)20(18,19)11-15-8-6-7-14(9-15)10-16-4/h6-9,12-13,16H,10-11H2,1-5H3. The summed E-state index contributed by atoms with van der Waals surface area (Å²) in [5.41, 5.74) is 1.93. The van der Waals surface area contributed by atoms with Gasteiger partial charge in [-0.1, -0.05) is 38.1 Å². The zero-order chi connectivity index (χ0) is 15.3. The van der Waals surface area contributed by atoms with Crippen LogP contribution >= 0.6 is 0 Å². The lowest BCUT2D eigenvalue weighted by Crippen LogP contribution is -2.38. The fraction of sp³-hybridized carbons (Fsp3) is 0.600. The maximum Gasteiger partial charge on any atom is 0.218 e. The molecule has 0 bridgehead atoms. The summed E-state index contributed by atoms with van der Waals surface area (Å²) in [6.45, 7) is 6.75. The molecule has 1 aromatic rings. The van der Waals surface area contributed by atoms with E-state index in [0.29, 0.717) is 5.92 Å². The number of sulfonamides is 1. The summed E-state index contributed by atoms with van der Waals surface area (Å²) in [6, 6.07) is 7.71. The van der Waals surface area contributed by atoms with Gasteiger partial charge < -0.3 is 5.32 Å². The van der Waals surface area contributed by atoms with E-state index in [1.165, 1.54) is 4.31 Å². The second-order valence-corrected chi connectivity index (χ2v) is 7.64. The molecule has 0 aliphatic rings. The molecule has 0 saturated carbocycles. The molecule has 0 aliphatic heterocycles. The molecule has 0 aliphatic carbocycles. The summed E-state index contributed by atoms with van der Waals surface area (Å²) >= 11 is 0. The van der Waals surface area contributed by atoms with Crippen molar-refractivity contribution in [3.05, 3.63) is 35.4 Å². The molecule has 5 heteroatoms. The predicted molar refractivity (Wildman–Crippen MR) is 83.9 cm³/mol. The van der Waals surface area contributed by atoms with Gasteiger partial charge in [0.1, 0.15) is 0 Å². The topological polar surface area (TPSA) is 49.4 Å². The van der Waals surface area contributed by atoms with Crippen LogP contribution < -0.4 is 5.32 Å². The quantitative estimate of drug-likeness (QED) is 0.839. The third kappa shape index (κ3) is 4.58. The minimum absolute atomic E-state index is 0.000455. The zero-order valence-electron chi connectivity index (χ0n) is 13.1. The first kappa shape index (κ1) is 17.1. The number of nitrogens with zero attached hydrogens (tertiary/aromatic N) is 1. The molecule has 1 unspecified atom stereocenters. The highest BCUT2D eigenvalue weighted by Crippen LogP contribution is 2.17. The van der Waals surface area contributed by atoms with E-state index in [0.717, 1.165) is 17.7 Å². The van der Waals surface area contributed by atoms with Gasteiger partial charge in [-0.25, -0.2) is 12.7 Å². The Morgan fingerprint density at radius 1 is 1.20 bits per heavy atom. The monoisotopic (exact) mass is 298 g/mol. The van der Waals surface area contributed by atoms with Crippen LogP contribution in [0.3, 0.4) is 0 Å². The molecule has 4 nitrogen and oxygen atoms in total. The molecule has 0 spiro atoms. The Balaban J connectivity index is 2.88. The van der Waals surface area contributed by atoms with Crippen molar-refractivity contribution in [3.63, 3.8) is 0 Å². The number of nitrogens with one attached hydrogen (secondary N) is 1. The SMILES string of the molecule is CNCc1cccc(CS(=O)(=O)N(C)C(C)C(C)C)c1. The number of benzene rings is 1. The lowest BCUT2D eigenvalue weighted by atomic mass is 10.1. The van der Waals surface area contributed by atoms with E-state index in [1.54, 1.807) is 7.05 Å². The second kappa shape index (κ2) is 7.20. The van der Waals surface area contributed by atoms with Gasteiger partial charge in [0.05, 0.1) is 5.75 Å². The predicted octanol–water partition coefficient (Wildman–Crippen LogP) is 2.21. The Morgan fingerprint density at radius 2 is 1.80 bits per heavy atom. The molecule has 20 heavy (non-hydrogen) atoms. The molecule has 0 radical (unpaired) electrons. The molecule has 0 saturated heterocycles. The normalized spacial score (nSPS) is 13.9. The van der Waals surface area contributed by atoms with E-state index in [9.17, 15) is 8.42 Å². The van der Waals surface area contributed by atoms with Gasteiger partial charge in [0.25, 0.3) is 0 Å². The van der Waals surface area contributed by atoms with Crippen molar-refractivity contribution in [1.29, 1.82) is 0 Å². The van der Waals surface area contributed by atoms with Gasteiger partial charge in [-0.05, 0) is 31.0 Å². The van der Waals surface area contributed by atoms with Crippen molar-refractivity contribution in [3.8, 4) is 0 Å². The van der Waals surface area contributed by atoms with Crippen molar-refractivity contribution in [2.75, 3.05) is 14.1 Å². The number of rotatable bonds is 7. The summed E-state index contributed by atoms with van der Waals surface area (Å²) in [5.74, 6) is 0.350. The second-order valence-electron chi connectivity index (χ2n) is 5.61. The first-order valence-corrected chi connectivity index (χ1v) is 8.57. The highest BCUT2D eigenvalue weighted by atomic mass is 32.2. The number of hydrogen-bond acceptors (Lipinski definition) is 3. The van der Waals surface area contributed by atoms with E-state index in [4.69, 9.17) is 0 Å². The van der Waals surface area contributed by atoms with Crippen molar-refractivity contribution in [2.24, 2.45) is 5.92 Å². The van der Waals surface area contributed by atoms with Crippen molar-refractivity contribution < 1.29 is 8.42 Å². The molecule has 1 aromatic carbocycles. The van der Waals surface area contributed by atoms with Crippen LogP contribution in [0, 0.1) is 5.92 Å². The first-order valence-electron chi connectivity index (χ1n) is 6.96. The van der Waals surface area contributed by atoms with Crippen LogP contribution in [-0.4, -0.2) is 32.9 Å². The van der Waals surface area contributed by atoms with Crippen LogP contribution in [-0.2, 0) is 22.3 Å². The Hall–Kier alpha value is -0.910. The zero-order valence-corrected chi connectivity index (χ0v) is 13.9. The Bertz CT molecular complexity index is 526. The van der Waals surface area contributed by atoms with Crippen molar-refractivity contribution in [2.45, 2.75) is 39.1 Å². The summed E-state index contributed by atoms with van der Waals surface area (Å²) in [5, 5.41) is 3.07. The van der Waals surface area contributed by atoms with Gasteiger partial charge in [-0.3, -0.25) is 0 Å². The summed E-state index contributed by atoms with van der Waals surface area (Å²) in [7, 11) is 0.264. The van der Waals surface area contributed by atoms with Crippen molar-refractivity contribution in [1.82, 2.24) is 9.62 Å². The van der Waals surface area contributed by atoms with Crippen molar-refractivity contribution >= 4 is 10.0 Å². The van der Waals surface area contributed by atoms with Crippen LogP contribution in [0.15, 0.2) is 24.3 Å². The largest absolute Gasteiger partial charge is 0.316 e. The summed E-state index contributed by atoms with van der Waals surface area (Å²) in [4.78, 5) is 0. The van der Waals surface area contributed by atoms with Crippen LogP contribution in [0.5, 0.6) is 0 Å². The van der Waals surface area contributed by atoms with Gasteiger partial charge in [0.2, 0.25) is 10.0 Å². The van der Waals surface area contributed by atoms with Crippen LogP contribution in [0.25, 0.3) is 0 Å². The summed E-state index contributed by atoms with van der Waals surface area (Å²) in [6.07, 6.45) is 0. The highest BCUT2D eigenvalue weighted by Gasteiger charge is 2.25. The minimum Gasteiger partial charge on any atom is -0.316 e. The molecule has 0 heterocycles. The molecule has 1 N–H and O–H groups in total. The lowest BCUT2D eigenvalue weighted by Gasteiger charge is -2.27. The fourth-order valence-corrected chi connectivity index (χ4v) is 3.57. The van der Waals surface area contributed by atoms with Gasteiger partial charge in [-0.15, -0.1) is 0 Å². The van der Waals surface area contributed by atoms with Gasteiger partial charge >= 0.3 is 0 Å². The average molecular weight is 298 g/mol. The molecular weight excluding hydrogens is 272 g/mol. The molecule has 0 aromatic heterocycles. The van der Waals surface area contributed by atoms with Crippen LogP contribution in [0.4, 0.5) is 0 Å². The molecule has 1 rings (SSSR count). The van der Waals surface area contributed by atoms with Gasteiger partial charge in [-0.2, -0.15) is 0 Å². The van der Waals surface area contributed by atoms with E-state index < -0.39 is 10.0 Å². The lowest BCUT2D eigenvalue weighted by molar-refractivity contribution is 0.315. The highest BCUT2D eigenvalue weighted by molar-refractivity contribution is 7.88. The minimum atomic E-state index is -3.28. The molecule has 114 valence electrons. The Morgan fingerprint density at radius 3 is 2.35 bits per heavy atom. The smallest absolute Gasteiger partial charge is 0.218 e. The summed E-state index contributed by atoms with van der Waals surface area (Å²) < 4.78 is 26.3. The van der Waals surface area contributed by atoms with Crippen LogP contribution in [0.2, 0.25) is 0 Å². The first-order chi connectivity index (χ1) is 9.27. The number of hydrogen-bond donors (Lipinski definition) is 1. The van der Waals surface area contributed by atoms with E-state index in [1.807, 2.05) is 52.1 Å². The van der Waals surface area contributed by atoms with Crippen LogP contribution in [0.1, 0.15) is 31.9 Å². The Kier molecular flexibility index (Phi) is 6.17. The van der Waals surface area contributed by atoms with E-state index in [2.05, 4.69) is 5.32 Å². The Labute approximate surface area is 123 Å².